The first kappa shape index (κ1) is 95.2. The lowest BCUT2D eigenvalue weighted by Gasteiger charge is -2.21. The zero-order valence-corrected chi connectivity index (χ0v) is 64.1. The zero-order chi connectivity index (χ0) is 73.2. The molecule has 0 aromatic carbocycles. The molecular weight excluding hydrogens is 1310 g/mol. The van der Waals surface area contributed by atoms with E-state index in [4.69, 9.17) is 37.0 Å². The monoisotopic (exact) mass is 1440 g/mol. The van der Waals surface area contributed by atoms with Crippen molar-refractivity contribution < 1.29 is 80.2 Å². The predicted molar refractivity (Wildman–Crippen MR) is 408 cm³/mol. The van der Waals surface area contributed by atoms with E-state index in [9.17, 15) is 43.2 Å². The number of hydrogen-bond donors (Lipinski definition) is 3. The van der Waals surface area contributed by atoms with Gasteiger partial charge in [-0.1, -0.05) is 245 Å². The average Bonchev–Trinajstić information content (AvgIpc) is 1.01. The highest BCUT2D eigenvalue weighted by Gasteiger charge is 2.30. The van der Waals surface area contributed by atoms with Gasteiger partial charge in [0.1, 0.15) is 19.3 Å². The molecule has 0 saturated carbocycles. The second kappa shape index (κ2) is 72.5. The molecular formula is C81H136O17P2. The molecule has 0 fully saturated rings. The van der Waals surface area contributed by atoms with Gasteiger partial charge in [0, 0.05) is 25.7 Å². The molecule has 0 aliphatic rings. The van der Waals surface area contributed by atoms with E-state index in [-0.39, 0.29) is 25.7 Å². The zero-order valence-electron chi connectivity index (χ0n) is 62.3. The van der Waals surface area contributed by atoms with Crippen molar-refractivity contribution in [3.8, 4) is 0 Å². The number of rotatable bonds is 71. The minimum Gasteiger partial charge on any atom is -0.462 e. The second-order valence-electron chi connectivity index (χ2n) is 25.2. The third-order valence-electron chi connectivity index (χ3n) is 15.6. The van der Waals surface area contributed by atoms with Gasteiger partial charge in [0.25, 0.3) is 0 Å². The smallest absolute Gasteiger partial charge is 0.462 e. The molecule has 0 aliphatic heterocycles. The highest BCUT2D eigenvalue weighted by molar-refractivity contribution is 7.47. The Morgan fingerprint density at radius 2 is 0.520 bits per heavy atom. The first-order valence-electron chi connectivity index (χ1n) is 38.4. The Morgan fingerprint density at radius 1 is 0.290 bits per heavy atom. The van der Waals surface area contributed by atoms with Gasteiger partial charge in [0.2, 0.25) is 0 Å². The lowest BCUT2D eigenvalue weighted by atomic mass is 10.1. The molecule has 19 heteroatoms. The highest BCUT2D eigenvalue weighted by Crippen LogP contribution is 2.45. The number of ether oxygens (including phenoxy) is 4. The number of esters is 4. The number of aliphatic hydroxyl groups is 1. The van der Waals surface area contributed by atoms with Crippen molar-refractivity contribution in [2.24, 2.45) is 0 Å². The third-order valence-corrected chi connectivity index (χ3v) is 17.5. The average molecular weight is 1440 g/mol. The van der Waals surface area contributed by atoms with Gasteiger partial charge in [-0.25, -0.2) is 9.13 Å². The molecule has 5 atom stereocenters. The van der Waals surface area contributed by atoms with E-state index < -0.39 is 97.5 Å². The molecule has 0 heterocycles. The number of carbonyl (C=O) groups excluding carboxylic acids is 4. The van der Waals surface area contributed by atoms with Crippen LogP contribution in [0.5, 0.6) is 0 Å². The van der Waals surface area contributed by atoms with Crippen LogP contribution < -0.4 is 0 Å². The standard InChI is InChI=1S/C81H136O17P2/c1-5-9-13-17-21-25-29-33-37-41-45-49-53-57-61-65-78(83)91-71-76(97-80(85)67-63-59-55-51-47-43-39-35-31-27-23-19-15-11-7-3)73-95-99(87,88)93-69-75(82)70-94-100(89,90)96-74-77(98-81(86)68-64-60-56-52-48-44-40-36-32-28-24-20-16-12-8-4)72-92-79(84)66-62-58-54-50-46-42-38-34-30-26-22-18-14-10-6-2/h9-10,13-14,21-23,25-27,33-40,45-46,49-50,75-77,82H,5-8,11-12,15-20,24,28-32,41-44,47-48,51-74H2,1-4H3,(H,87,88)(H,89,90)/b13-9-,14-10-,25-21-,26-22-,27-23-,37-33-,38-34-,39-35-,40-36-,49-45-,50-46-. The number of carbonyl (C=O) groups is 4. The molecule has 100 heavy (non-hydrogen) atoms. The molecule has 0 radical (unpaired) electrons. The lowest BCUT2D eigenvalue weighted by Crippen LogP contribution is -2.30. The minimum atomic E-state index is -4.99. The summed E-state index contributed by atoms with van der Waals surface area (Å²) in [4.78, 5) is 72.9. The van der Waals surface area contributed by atoms with E-state index in [1.807, 2.05) is 0 Å². The van der Waals surface area contributed by atoms with Crippen molar-refractivity contribution in [3.63, 3.8) is 0 Å². The van der Waals surface area contributed by atoms with Crippen LogP contribution in [0.4, 0.5) is 0 Å². The van der Waals surface area contributed by atoms with Gasteiger partial charge in [-0.15, -0.1) is 0 Å². The molecule has 3 N–H and O–H groups in total. The fraction of sp³-hybridized carbons (Fsp3) is 0.679. The molecule has 0 aliphatic carbocycles. The number of allylic oxidation sites excluding steroid dienone is 22. The molecule has 0 spiro atoms. The molecule has 0 aromatic rings. The normalized spacial score (nSPS) is 14.7. The Labute approximate surface area is 605 Å². The van der Waals surface area contributed by atoms with Crippen LogP contribution in [0.25, 0.3) is 0 Å². The highest BCUT2D eigenvalue weighted by atomic mass is 31.2. The summed E-state index contributed by atoms with van der Waals surface area (Å²) < 4.78 is 68.4. The van der Waals surface area contributed by atoms with E-state index in [0.717, 1.165) is 161 Å². The first-order valence-corrected chi connectivity index (χ1v) is 41.4. The maximum atomic E-state index is 13.1. The van der Waals surface area contributed by atoms with Gasteiger partial charge in [-0.05, 0) is 161 Å². The minimum absolute atomic E-state index is 0.0656. The maximum absolute atomic E-state index is 13.1. The fourth-order valence-electron chi connectivity index (χ4n) is 9.75. The molecule has 17 nitrogen and oxygen atoms in total. The predicted octanol–water partition coefficient (Wildman–Crippen LogP) is 22.1. The number of hydrogen-bond acceptors (Lipinski definition) is 15. The Kier molecular flexibility index (Phi) is 69.1. The number of unbranched alkanes of at least 4 members (excludes halogenated alkanes) is 23. The van der Waals surface area contributed by atoms with E-state index in [1.165, 1.54) is 57.8 Å². The summed E-state index contributed by atoms with van der Waals surface area (Å²) in [7, 11) is -9.99. The van der Waals surface area contributed by atoms with Crippen LogP contribution in [0.3, 0.4) is 0 Å². The van der Waals surface area contributed by atoms with Crippen molar-refractivity contribution in [2.45, 2.75) is 316 Å². The fourth-order valence-corrected chi connectivity index (χ4v) is 11.3. The van der Waals surface area contributed by atoms with Gasteiger partial charge < -0.3 is 33.8 Å². The van der Waals surface area contributed by atoms with Gasteiger partial charge in [0.15, 0.2) is 12.2 Å². The Balaban J connectivity index is 5.45. The number of phosphoric ester groups is 2. The summed E-state index contributed by atoms with van der Waals surface area (Å²) in [6.07, 6.45) is 80.2. The van der Waals surface area contributed by atoms with Crippen LogP contribution in [0, 0.1) is 0 Å². The Hall–Kier alpha value is -4.80. The van der Waals surface area contributed by atoms with Crippen molar-refractivity contribution in [3.05, 3.63) is 134 Å². The SMILES string of the molecule is CC/C=C\C/C=C\C/C=C\C/C=C\CCCCC(=O)OCC(COP(=O)(O)OCC(O)COP(=O)(O)OCC(COC(=O)CCCC/C=C\C/C=C\C/C=C\C/C=C\CC)OC(=O)CCCCCCC/C=C\CCCCCCCC)OC(=O)CCCCCCC/C=C\C/C=C\CCCCC. The van der Waals surface area contributed by atoms with Crippen molar-refractivity contribution >= 4 is 39.5 Å². The van der Waals surface area contributed by atoms with Crippen LogP contribution in [-0.4, -0.2) is 96.7 Å². The molecule has 0 amide bonds. The van der Waals surface area contributed by atoms with Gasteiger partial charge in [0.05, 0.1) is 26.4 Å². The maximum Gasteiger partial charge on any atom is 0.472 e. The van der Waals surface area contributed by atoms with E-state index >= 15 is 0 Å². The molecule has 0 rings (SSSR count). The van der Waals surface area contributed by atoms with Gasteiger partial charge in [-0.3, -0.25) is 37.3 Å². The van der Waals surface area contributed by atoms with Crippen LogP contribution in [0.2, 0.25) is 0 Å². The second-order valence-corrected chi connectivity index (χ2v) is 28.1. The molecule has 572 valence electrons. The van der Waals surface area contributed by atoms with Gasteiger partial charge >= 0.3 is 39.5 Å². The summed E-state index contributed by atoms with van der Waals surface area (Å²) in [5, 5.41) is 10.6. The summed E-state index contributed by atoms with van der Waals surface area (Å²) in [6, 6.07) is 0. The van der Waals surface area contributed by atoms with E-state index in [2.05, 4.69) is 161 Å². The number of aliphatic hydroxyl groups excluding tert-OH is 1. The summed E-state index contributed by atoms with van der Waals surface area (Å²) in [5.74, 6) is -2.30. The molecule has 0 saturated heterocycles. The third kappa shape index (κ3) is 71.6. The Morgan fingerprint density at radius 3 is 0.850 bits per heavy atom. The summed E-state index contributed by atoms with van der Waals surface area (Å²) in [5.41, 5.74) is 0. The lowest BCUT2D eigenvalue weighted by molar-refractivity contribution is -0.161. The number of phosphoric acid groups is 2. The quantitative estimate of drug-likeness (QED) is 0.0169. The molecule has 0 aromatic heterocycles. The van der Waals surface area contributed by atoms with Crippen LogP contribution in [0.1, 0.15) is 297 Å². The van der Waals surface area contributed by atoms with Crippen LogP contribution in [-0.2, 0) is 65.4 Å². The Bertz CT molecular complexity index is 2420. The summed E-state index contributed by atoms with van der Waals surface area (Å²) >= 11 is 0. The molecule has 0 bridgehead atoms. The van der Waals surface area contributed by atoms with E-state index in [1.54, 1.807) is 0 Å². The van der Waals surface area contributed by atoms with Crippen molar-refractivity contribution in [1.29, 1.82) is 0 Å². The van der Waals surface area contributed by atoms with Crippen LogP contribution in [0.15, 0.2) is 134 Å². The van der Waals surface area contributed by atoms with E-state index in [0.29, 0.717) is 25.7 Å². The van der Waals surface area contributed by atoms with Crippen molar-refractivity contribution in [1.82, 2.24) is 0 Å². The molecule has 5 unspecified atom stereocenters. The summed E-state index contributed by atoms with van der Waals surface area (Å²) in [6.45, 7) is 4.49. The van der Waals surface area contributed by atoms with Gasteiger partial charge in [-0.2, -0.15) is 0 Å². The first-order chi connectivity index (χ1) is 48.7. The topological polar surface area (TPSA) is 237 Å². The largest absolute Gasteiger partial charge is 0.472 e. The van der Waals surface area contributed by atoms with Crippen molar-refractivity contribution in [2.75, 3.05) is 39.6 Å². The van der Waals surface area contributed by atoms with Crippen LogP contribution >= 0.6 is 15.6 Å².